The summed E-state index contributed by atoms with van der Waals surface area (Å²) in [6, 6.07) is 17.3. The van der Waals surface area contributed by atoms with Crippen LogP contribution in [0.2, 0.25) is 10.0 Å². The quantitative estimate of drug-likeness (QED) is 0.521. The molecule has 0 unspecified atom stereocenters. The van der Waals surface area contributed by atoms with Crippen molar-refractivity contribution in [1.82, 2.24) is 9.88 Å². The van der Waals surface area contributed by atoms with E-state index in [2.05, 4.69) is 20.5 Å². The fourth-order valence-corrected chi connectivity index (χ4v) is 4.02. The second-order valence-corrected chi connectivity index (χ2v) is 8.45. The first-order valence-electron chi connectivity index (χ1n) is 10.6. The average molecular weight is 484 g/mol. The molecule has 0 spiro atoms. The van der Waals surface area contributed by atoms with Crippen molar-refractivity contribution >= 4 is 52.3 Å². The van der Waals surface area contributed by atoms with Crippen LogP contribution in [0.1, 0.15) is 16.8 Å². The van der Waals surface area contributed by atoms with E-state index in [1.165, 1.54) is 0 Å². The van der Waals surface area contributed by atoms with Gasteiger partial charge in [-0.05, 0) is 48.9 Å². The Kier molecular flexibility index (Phi) is 7.32. The lowest BCUT2D eigenvalue weighted by Gasteiger charge is -2.23. The molecule has 3 amide bonds. The number of rotatable bonds is 4. The zero-order valence-corrected chi connectivity index (χ0v) is 19.3. The minimum absolute atomic E-state index is 0.0172. The zero-order chi connectivity index (χ0) is 23.2. The van der Waals surface area contributed by atoms with Gasteiger partial charge in [0.05, 0.1) is 22.6 Å². The van der Waals surface area contributed by atoms with E-state index in [-0.39, 0.29) is 5.91 Å². The number of nitrogens with zero attached hydrogens (tertiary/aromatic N) is 3. The van der Waals surface area contributed by atoms with Gasteiger partial charge in [0.25, 0.3) is 5.91 Å². The summed E-state index contributed by atoms with van der Waals surface area (Å²) in [6.07, 6.45) is 2.44. The topological polar surface area (TPSA) is 77.6 Å². The summed E-state index contributed by atoms with van der Waals surface area (Å²) in [7, 11) is 0. The van der Waals surface area contributed by atoms with Crippen LogP contribution in [-0.4, -0.2) is 48.0 Å². The number of anilines is 3. The van der Waals surface area contributed by atoms with Gasteiger partial charge in [-0.3, -0.25) is 4.79 Å². The van der Waals surface area contributed by atoms with Crippen molar-refractivity contribution in [2.45, 2.75) is 6.42 Å². The van der Waals surface area contributed by atoms with Crippen molar-refractivity contribution in [3.05, 3.63) is 82.5 Å². The fraction of sp³-hybridized carbons (Fsp3) is 0.208. The third kappa shape index (κ3) is 5.94. The highest BCUT2D eigenvalue weighted by Gasteiger charge is 2.21. The van der Waals surface area contributed by atoms with Crippen LogP contribution in [0.3, 0.4) is 0 Å². The molecule has 0 radical (unpaired) electrons. The standard InChI is InChI=1S/C24H23Cl2N5O2/c25-18-6-3-5-17(15-18)23(32)31-12-4-11-30(13-14-31)22-10-9-19(16-27-22)28-24(33)29-21-8-2-1-7-20(21)26/h1-3,5-10,15-16H,4,11-14H2,(H2,28,29,33). The maximum atomic E-state index is 12.8. The Bertz CT molecular complexity index is 1140. The first kappa shape index (κ1) is 22.9. The first-order valence-corrected chi connectivity index (χ1v) is 11.3. The van der Waals surface area contributed by atoms with E-state index in [0.29, 0.717) is 46.6 Å². The first-order chi connectivity index (χ1) is 16.0. The normalized spacial score (nSPS) is 13.9. The number of amides is 3. The van der Waals surface area contributed by atoms with Crippen molar-refractivity contribution < 1.29 is 9.59 Å². The smallest absolute Gasteiger partial charge is 0.323 e. The summed E-state index contributed by atoms with van der Waals surface area (Å²) in [5.74, 6) is 0.778. The molecule has 1 aliphatic heterocycles. The molecular formula is C24H23Cl2N5O2. The Morgan fingerprint density at radius 2 is 1.73 bits per heavy atom. The van der Waals surface area contributed by atoms with Gasteiger partial charge in [-0.2, -0.15) is 0 Å². The highest BCUT2D eigenvalue weighted by atomic mass is 35.5. The van der Waals surface area contributed by atoms with E-state index in [9.17, 15) is 9.59 Å². The Hall–Kier alpha value is -3.29. The lowest BCUT2D eigenvalue weighted by molar-refractivity contribution is 0.0767. The number of nitrogens with one attached hydrogen (secondary N) is 2. The van der Waals surface area contributed by atoms with Crippen LogP contribution < -0.4 is 15.5 Å². The van der Waals surface area contributed by atoms with Gasteiger partial charge in [0, 0.05) is 36.8 Å². The van der Waals surface area contributed by atoms with E-state index in [4.69, 9.17) is 23.2 Å². The number of halogens is 2. The summed E-state index contributed by atoms with van der Waals surface area (Å²) < 4.78 is 0. The molecule has 3 aromatic rings. The molecule has 170 valence electrons. The number of aromatic nitrogens is 1. The number of benzene rings is 2. The van der Waals surface area contributed by atoms with Crippen LogP contribution in [0.5, 0.6) is 0 Å². The van der Waals surface area contributed by atoms with Crippen LogP contribution in [0.4, 0.5) is 22.0 Å². The molecule has 0 saturated carbocycles. The van der Waals surface area contributed by atoms with E-state index in [1.807, 2.05) is 11.0 Å². The SMILES string of the molecule is O=C(Nc1ccc(N2CCCN(C(=O)c3cccc(Cl)c3)CC2)nc1)Nc1ccccc1Cl. The molecule has 0 atom stereocenters. The number of carbonyl (C=O) groups excluding carboxylic acids is 2. The van der Waals surface area contributed by atoms with Gasteiger partial charge in [0.1, 0.15) is 5.82 Å². The molecule has 1 saturated heterocycles. The van der Waals surface area contributed by atoms with Crippen LogP contribution >= 0.6 is 23.2 Å². The van der Waals surface area contributed by atoms with E-state index in [1.54, 1.807) is 60.8 Å². The molecule has 2 heterocycles. The number of urea groups is 1. The molecule has 1 aliphatic rings. The van der Waals surface area contributed by atoms with Crippen molar-refractivity contribution in [3.8, 4) is 0 Å². The lowest BCUT2D eigenvalue weighted by Crippen LogP contribution is -2.35. The molecule has 1 fully saturated rings. The van der Waals surface area contributed by atoms with Gasteiger partial charge in [-0.1, -0.05) is 41.4 Å². The van der Waals surface area contributed by atoms with Crippen LogP contribution in [-0.2, 0) is 0 Å². The van der Waals surface area contributed by atoms with Crippen LogP contribution in [0.25, 0.3) is 0 Å². The maximum Gasteiger partial charge on any atom is 0.323 e. The van der Waals surface area contributed by atoms with Crippen molar-refractivity contribution in [2.24, 2.45) is 0 Å². The van der Waals surface area contributed by atoms with Gasteiger partial charge in [-0.25, -0.2) is 9.78 Å². The largest absolute Gasteiger partial charge is 0.355 e. The molecule has 1 aromatic heterocycles. The predicted molar refractivity (Wildman–Crippen MR) is 133 cm³/mol. The molecule has 2 N–H and O–H groups in total. The molecule has 4 rings (SSSR count). The molecule has 33 heavy (non-hydrogen) atoms. The average Bonchev–Trinajstić information content (AvgIpc) is 3.07. The fourth-order valence-electron chi connectivity index (χ4n) is 3.65. The summed E-state index contributed by atoms with van der Waals surface area (Å²) in [5, 5.41) is 6.48. The minimum Gasteiger partial charge on any atom is -0.355 e. The molecular weight excluding hydrogens is 461 g/mol. The van der Waals surface area contributed by atoms with Crippen molar-refractivity contribution in [1.29, 1.82) is 0 Å². The molecule has 0 bridgehead atoms. The monoisotopic (exact) mass is 483 g/mol. The summed E-state index contributed by atoms with van der Waals surface area (Å²) >= 11 is 12.1. The van der Waals surface area contributed by atoms with Crippen molar-refractivity contribution in [2.75, 3.05) is 41.7 Å². The highest BCUT2D eigenvalue weighted by Crippen LogP contribution is 2.21. The highest BCUT2D eigenvalue weighted by molar-refractivity contribution is 6.33. The minimum atomic E-state index is -0.400. The second kappa shape index (κ2) is 10.6. The van der Waals surface area contributed by atoms with Gasteiger partial charge in [-0.15, -0.1) is 0 Å². The van der Waals surface area contributed by atoms with E-state index < -0.39 is 6.03 Å². The molecule has 7 nitrogen and oxygen atoms in total. The van der Waals surface area contributed by atoms with Gasteiger partial charge < -0.3 is 20.4 Å². The summed E-state index contributed by atoms with van der Waals surface area (Å²) in [6.45, 7) is 2.71. The number of carbonyl (C=O) groups is 2. The van der Waals surface area contributed by atoms with Crippen LogP contribution in [0, 0.1) is 0 Å². The molecule has 0 aliphatic carbocycles. The van der Waals surface area contributed by atoms with Crippen molar-refractivity contribution in [3.63, 3.8) is 0 Å². The van der Waals surface area contributed by atoms with Gasteiger partial charge >= 0.3 is 6.03 Å². The van der Waals surface area contributed by atoms with E-state index in [0.717, 1.165) is 18.8 Å². The lowest BCUT2D eigenvalue weighted by atomic mass is 10.2. The maximum absolute atomic E-state index is 12.8. The van der Waals surface area contributed by atoms with E-state index >= 15 is 0 Å². The Morgan fingerprint density at radius 3 is 2.48 bits per heavy atom. The van der Waals surface area contributed by atoms with Crippen LogP contribution in [0.15, 0.2) is 66.9 Å². The number of para-hydroxylation sites is 1. The number of hydrogen-bond donors (Lipinski definition) is 2. The number of hydrogen-bond acceptors (Lipinski definition) is 4. The molecule has 2 aromatic carbocycles. The third-order valence-corrected chi connectivity index (χ3v) is 5.87. The number of pyridine rings is 1. The third-order valence-electron chi connectivity index (χ3n) is 5.31. The summed E-state index contributed by atoms with van der Waals surface area (Å²) in [4.78, 5) is 33.5. The summed E-state index contributed by atoms with van der Waals surface area (Å²) in [5.41, 5.74) is 1.69. The predicted octanol–water partition coefficient (Wildman–Crippen LogP) is 5.38. The second-order valence-electron chi connectivity index (χ2n) is 7.61. The Balaban J connectivity index is 1.34. The Labute approximate surface area is 202 Å². The zero-order valence-electron chi connectivity index (χ0n) is 17.8. The van der Waals surface area contributed by atoms with Gasteiger partial charge in [0.15, 0.2) is 0 Å². The van der Waals surface area contributed by atoms with Gasteiger partial charge in [0.2, 0.25) is 0 Å². The molecule has 9 heteroatoms. The Morgan fingerprint density at radius 1 is 0.879 bits per heavy atom.